The van der Waals surface area contributed by atoms with Gasteiger partial charge in [0.15, 0.2) is 0 Å². The third-order valence-corrected chi connectivity index (χ3v) is 3.80. The lowest BCUT2D eigenvalue weighted by Crippen LogP contribution is -1.91. The van der Waals surface area contributed by atoms with Gasteiger partial charge in [-0.05, 0) is 48.5 Å². The number of rotatable bonds is 3. The molecule has 23 heavy (non-hydrogen) atoms. The van der Waals surface area contributed by atoms with Crippen LogP contribution in [0, 0.1) is 0 Å². The molecule has 4 aromatic rings. The second-order valence-corrected chi connectivity index (χ2v) is 5.18. The zero-order chi connectivity index (χ0) is 15.6. The highest BCUT2D eigenvalue weighted by atomic mass is 16.5. The third-order valence-electron chi connectivity index (χ3n) is 3.80. The summed E-state index contributed by atoms with van der Waals surface area (Å²) < 4.78 is 7.34. The number of aromatic nitrogens is 3. The van der Waals surface area contributed by atoms with Gasteiger partial charge in [-0.2, -0.15) is 0 Å². The first-order chi connectivity index (χ1) is 11.4. The van der Waals surface area contributed by atoms with Crippen molar-refractivity contribution in [1.29, 1.82) is 0 Å². The fraction of sp³-hybridized carbons (Fsp3) is 0.0526. The van der Waals surface area contributed by atoms with Gasteiger partial charge in [-0.1, -0.05) is 12.1 Å². The van der Waals surface area contributed by atoms with E-state index in [0.717, 1.165) is 34.0 Å². The number of methoxy groups -OCH3 is 1. The number of benzene rings is 1. The van der Waals surface area contributed by atoms with Gasteiger partial charge in [0, 0.05) is 18.0 Å². The van der Waals surface area contributed by atoms with Crippen molar-refractivity contribution in [3.8, 4) is 28.4 Å². The summed E-state index contributed by atoms with van der Waals surface area (Å²) >= 11 is 0. The Balaban J connectivity index is 1.99. The molecule has 0 bridgehead atoms. The third kappa shape index (κ3) is 2.34. The van der Waals surface area contributed by atoms with Crippen molar-refractivity contribution in [2.45, 2.75) is 0 Å². The summed E-state index contributed by atoms with van der Waals surface area (Å²) in [4.78, 5) is 9.23. The number of ether oxygens (including phenoxy) is 1. The Bertz CT molecular complexity index is 943. The molecule has 0 radical (unpaired) electrons. The van der Waals surface area contributed by atoms with E-state index in [1.165, 1.54) is 0 Å². The molecule has 4 rings (SSSR count). The molecule has 0 aliphatic rings. The van der Waals surface area contributed by atoms with Gasteiger partial charge in [0.25, 0.3) is 0 Å². The van der Waals surface area contributed by atoms with E-state index >= 15 is 0 Å². The molecule has 1 aromatic carbocycles. The molecule has 0 aliphatic heterocycles. The normalized spacial score (nSPS) is 10.8. The van der Waals surface area contributed by atoms with Crippen molar-refractivity contribution in [3.05, 3.63) is 73.1 Å². The lowest BCUT2D eigenvalue weighted by molar-refractivity contribution is 0.415. The Kier molecular flexibility index (Phi) is 3.27. The average molecular weight is 301 g/mol. The molecule has 0 saturated carbocycles. The van der Waals surface area contributed by atoms with Crippen LogP contribution in [0.25, 0.3) is 28.3 Å². The first-order valence-electron chi connectivity index (χ1n) is 7.40. The highest BCUT2D eigenvalue weighted by Gasteiger charge is 2.16. The van der Waals surface area contributed by atoms with E-state index in [0.29, 0.717) is 0 Å². The largest absolute Gasteiger partial charge is 0.497 e. The van der Waals surface area contributed by atoms with Gasteiger partial charge in [0.1, 0.15) is 17.1 Å². The molecule has 3 heterocycles. The van der Waals surface area contributed by atoms with Crippen LogP contribution in [0.5, 0.6) is 5.75 Å². The molecule has 0 unspecified atom stereocenters. The minimum absolute atomic E-state index is 0.835. The lowest BCUT2D eigenvalue weighted by Gasteiger charge is -2.06. The maximum absolute atomic E-state index is 5.25. The Morgan fingerprint density at radius 3 is 2.48 bits per heavy atom. The highest BCUT2D eigenvalue weighted by molar-refractivity contribution is 5.80. The number of pyridine rings is 2. The van der Waals surface area contributed by atoms with Crippen molar-refractivity contribution in [2.24, 2.45) is 0 Å². The molecular formula is C19H15N3O. The number of hydrogen-bond donors (Lipinski definition) is 0. The van der Waals surface area contributed by atoms with E-state index in [-0.39, 0.29) is 0 Å². The van der Waals surface area contributed by atoms with Crippen LogP contribution in [0.2, 0.25) is 0 Å². The highest BCUT2D eigenvalue weighted by Crippen LogP contribution is 2.32. The summed E-state index contributed by atoms with van der Waals surface area (Å²) in [5.41, 5.74) is 4.75. The number of hydrogen-bond acceptors (Lipinski definition) is 3. The van der Waals surface area contributed by atoms with Gasteiger partial charge in [0.05, 0.1) is 18.5 Å². The van der Waals surface area contributed by atoms with E-state index in [9.17, 15) is 0 Å². The predicted octanol–water partition coefficient (Wildman–Crippen LogP) is 4.07. The zero-order valence-electron chi connectivity index (χ0n) is 12.7. The van der Waals surface area contributed by atoms with Crippen LogP contribution in [-0.2, 0) is 0 Å². The van der Waals surface area contributed by atoms with Crippen molar-refractivity contribution in [2.75, 3.05) is 7.11 Å². The van der Waals surface area contributed by atoms with Crippen molar-refractivity contribution in [1.82, 2.24) is 14.4 Å². The molecule has 0 N–H and O–H groups in total. The van der Waals surface area contributed by atoms with Gasteiger partial charge >= 0.3 is 0 Å². The minimum atomic E-state index is 0.835. The van der Waals surface area contributed by atoms with Crippen molar-refractivity contribution >= 4 is 5.65 Å². The van der Waals surface area contributed by atoms with Gasteiger partial charge in [-0.3, -0.25) is 9.38 Å². The fourth-order valence-electron chi connectivity index (χ4n) is 2.70. The van der Waals surface area contributed by atoms with Crippen molar-refractivity contribution < 1.29 is 4.74 Å². The number of nitrogens with zero attached hydrogens (tertiary/aromatic N) is 3. The number of fused-ring (bicyclic) bond motifs is 1. The molecular weight excluding hydrogens is 286 g/mol. The molecule has 0 aliphatic carbocycles. The first-order valence-corrected chi connectivity index (χ1v) is 7.40. The summed E-state index contributed by atoms with van der Waals surface area (Å²) in [6.45, 7) is 0. The molecule has 0 spiro atoms. The molecule has 0 fully saturated rings. The molecule has 0 atom stereocenters. The van der Waals surface area contributed by atoms with Crippen LogP contribution < -0.4 is 4.74 Å². The van der Waals surface area contributed by atoms with Crippen LogP contribution in [0.15, 0.2) is 73.1 Å². The monoisotopic (exact) mass is 301 g/mol. The van der Waals surface area contributed by atoms with Crippen LogP contribution in [-0.4, -0.2) is 21.5 Å². The fourth-order valence-corrected chi connectivity index (χ4v) is 2.70. The van der Waals surface area contributed by atoms with E-state index in [4.69, 9.17) is 9.72 Å². The smallest absolute Gasteiger partial charge is 0.138 e. The second kappa shape index (κ2) is 5.57. The Labute approximate surface area is 134 Å². The Morgan fingerprint density at radius 1 is 0.913 bits per heavy atom. The van der Waals surface area contributed by atoms with Crippen molar-refractivity contribution in [3.63, 3.8) is 0 Å². The van der Waals surface area contributed by atoms with Gasteiger partial charge in [-0.15, -0.1) is 0 Å². The van der Waals surface area contributed by atoms with E-state index in [1.54, 1.807) is 13.3 Å². The maximum atomic E-state index is 5.25. The van der Waals surface area contributed by atoms with Crippen LogP contribution in [0.4, 0.5) is 0 Å². The maximum Gasteiger partial charge on any atom is 0.138 e. The van der Waals surface area contributed by atoms with Crippen LogP contribution in [0.3, 0.4) is 0 Å². The van der Waals surface area contributed by atoms with E-state index in [1.807, 2.05) is 66.9 Å². The molecule has 4 nitrogen and oxygen atoms in total. The topological polar surface area (TPSA) is 39.4 Å². The molecule has 4 heteroatoms. The molecule has 0 saturated heterocycles. The molecule has 3 aromatic heterocycles. The Morgan fingerprint density at radius 2 is 1.74 bits per heavy atom. The molecule has 112 valence electrons. The summed E-state index contributed by atoms with van der Waals surface area (Å²) in [6, 6.07) is 19.9. The standard InChI is InChI=1S/C19H15N3O/c1-23-15-10-8-14(9-11-15)19-18(16-6-2-4-12-20-16)21-17-7-3-5-13-22(17)19/h2-13H,1H3. The van der Waals surface area contributed by atoms with Crippen LogP contribution >= 0.6 is 0 Å². The molecule has 0 amide bonds. The Hall–Kier alpha value is -3.14. The lowest BCUT2D eigenvalue weighted by atomic mass is 10.1. The van der Waals surface area contributed by atoms with Gasteiger partial charge in [-0.25, -0.2) is 4.98 Å². The summed E-state index contributed by atoms with van der Waals surface area (Å²) in [5, 5.41) is 0. The quantitative estimate of drug-likeness (QED) is 0.572. The predicted molar refractivity (Wildman–Crippen MR) is 90.4 cm³/mol. The average Bonchev–Trinajstić information content (AvgIpc) is 3.02. The minimum Gasteiger partial charge on any atom is -0.497 e. The SMILES string of the molecule is COc1ccc(-c2c(-c3ccccn3)nc3ccccn23)cc1. The second-order valence-electron chi connectivity index (χ2n) is 5.18. The summed E-state index contributed by atoms with van der Waals surface area (Å²) in [5.74, 6) is 0.835. The first kappa shape index (κ1) is 13.5. The van der Waals surface area contributed by atoms with Crippen LogP contribution in [0.1, 0.15) is 0 Å². The summed E-state index contributed by atoms with van der Waals surface area (Å²) in [6.07, 6.45) is 3.81. The van der Waals surface area contributed by atoms with Gasteiger partial charge < -0.3 is 4.74 Å². The van der Waals surface area contributed by atoms with E-state index in [2.05, 4.69) is 9.38 Å². The zero-order valence-corrected chi connectivity index (χ0v) is 12.7. The van der Waals surface area contributed by atoms with Gasteiger partial charge in [0.2, 0.25) is 0 Å². The number of imidazole rings is 1. The summed E-state index contributed by atoms with van der Waals surface area (Å²) in [7, 11) is 1.67. The van der Waals surface area contributed by atoms with E-state index < -0.39 is 0 Å².